The zero-order chi connectivity index (χ0) is 4.41. The van der Waals surface area contributed by atoms with Crippen molar-refractivity contribution in [2.75, 3.05) is 13.1 Å². The SMILES string of the molecule is Br.Br.OC1CNNC1. The third-order valence-corrected chi connectivity index (χ3v) is 0.800. The zero-order valence-corrected chi connectivity index (χ0v) is 7.68. The van der Waals surface area contributed by atoms with E-state index in [9.17, 15) is 0 Å². The van der Waals surface area contributed by atoms with Crippen LogP contribution < -0.4 is 10.9 Å². The number of rotatable bonds is 0. The first-order chi connectivity index (χ1) is 2.89. The molecular weight excluding hydrogens is 240 g/mol. The van der Waals surface area contributed by atoms with E-state index in [1.54, 1.807) is 0 Å². The summed E-state index contributed by atoms with van der Waals surface area (Å²) in [4.78, 5) is 0. The predicted molar refractivity (Wildman–Crippen MR) is 42.7 cm³/mol. The van der Waals surface area contributed by atoms with Gasteiger partial charge in [0, 0.05) is 13.1 Å². The van der Waals surface area contributed by atoms with Crippen LogP contribution in [0, 0.1) is 0 Å². The number of aliphatic hydroxyl groups excluding tert-OH is 1. The molecule has 0 atom stereocenters. The van der Waals surface area contributed by atoms with Gasteiger partial charge in [-0.3, -0.25) is 10.9 Å². The smallest absolute Gasteiger partial charge is 0.0816 e. The summed E-state index contributed by atoms with van der Waals surface area (Å²) in [6.45, 7) is 1.36. The van der Waals surface area contributed by atoms with Crippen LogP contribution in [-0.2, 0) is 0 Å². The van der Waals surface area contributed by atoms with Crippen LogP contribution in [0.2, 0.25) is 0 Å². The standard InChI is InChI=1S/C3H8N2O.2BrH/c6-3-1-4-5-2-3;;/h3-6H,1-2H2;2*1H. The highest BCUT2D eigenvalue weighted by Crippen LogP contribution is 1.79. The van der Waals surface area contributed by atoms with Gasteiger partial charge in [0.25, 0.3) is 0 Å². The summed E-state index contributed by atoms with van der Waals surface area (Å²) in [6, 6.07) is 0. The molecule has 1 fully saturated rings. The number of hydrogen-bond acceptors (Lipinski definition) is 3. The number of β-amino-alcohol motifs (C(OH)–C–C–N with tert-alkyl or cyclic N) is 1. The molecule has 1 saturated heterocycles. The van der Waals surface area contributed by atoms with Crippen molar-refractivity contribution in [2.45, 2.75) is 6.10 Å². The molecule has 1 heterocycles. The van der Waals surface area contributed by atoms with E-state index >= 15 is 0 Å². The maximum Gasteiger partial charge on any atom is 0.0816 e. The Kier molecular flexibility index (Phi) is 8.66. The van der Waals surface area contributed by atoms with Gasteiger partial charge in [-0.15, -0.1) is 34.0 Å². The molecule has 3 N–H and O–H groups in total. The molecule has 52 valence electrons. The molecule has 8 heavy (non-hydrogen) atoms. The molecule has 0 bridgehead atoms. The van der Waals surface area contributed by atoms with E-state index in [1.165, 1.54) is 0 Å². The molecule has 1 aliphatic rings. The van der Waals surface area contributed by atoms with E-state index in [2.05, 4.69) is 10.9 Å². The predicted octanol–water partition coefficient (Wildman–Crippen LogP) is -0.389. The molecule has 1 aliphatic heterocycles. The van der Waals surface area contributed by atoms with Crippen LogP contribution in [0.15, 0.2) is 0 Å². The third kappa shape index (κ3) is 3.80. The van der Waals surface area contributed by atoms with E-state index < -0.39 is 0 Å². The summed E-state index contributed by atoms with van der Waals surface area (Å²) in [6.07, 6.45) is -0.176. The largest absolute Gasteiger partial charge is 0.390 e. The summed E-state index contributed by atoms with van der Waals surface area (Å²) in [5, 5.41) is 8.60. The third-order valence-electron chi connectivity index (χ3n) is 0.800. The Morgan fingerprint density at radius 2 is 1.50 bits per heavy atom. The van der Waals surface area contributed by atoms with Crippen molar-refractivity contribution >= 4 is 34.0 Å². The average molecular weight is 250 g/mol. The summed E-state index contributed by atoms with van der Waals surface area (Å²) in [5.41, 5.74) is 5.54. The number of halogens is 2. The fourth-order valence-electron chi connectivity index (χ4n) is 0.452. The van der Waals surface area contributed by atoms with Gasteiger partial charge >= 0.3 is 0 Å². The van der Waals surface area contributed by atoms with E-state index in [-0.39, 0.29) is 40.1 Å². The van der Waals surface area contributed by atoms with Crippen molar-refractivity contribution in [1.82, 2.24) is 10.9 Å². The van der Waals surface area contributed by atoms with Gasteiger partial charge in [0.2, 0.25) is 0 Å². The van der Waals surface area contributed by atoms with Crippen LogP contribution in [0.1, 0.15) is 0 Å². The molecule has 0 amide bonds. The molecule has 0 aromatic rings. The average Bonchev–Trinajstić information content (AvgIpc) is 1.86. The first-order valence-electron chi connectivity index (χ1n) is 2.03. The second-order valence-electron chi connectivity index (χ2n) is 1.42. The Labute approximate surface area is 69.4 Å². The monoisotopic (exact) mass is 248 g/mol. The second kappa shape index (κ2) is 5.97. The van der Waals surface area contributed by atoms with Gasteiger partial charge in [-0.1, -0.05) is 0 Å². The first kappa shape index (κ1) is 11.6. The van der Waals surface area contributed by atoms with Crippen LogP contribution in [0.25, 0.3) is 0 Å². The van der Waals surface area contributed by atoms with Crippen LogP contribution >= 0.6 is 34.0 Å². The molecule has 1 rings (SSSR count). The Morgan fingerprint density at radius 3 is 1.62 bits per heavy atom. The molecule has 0 unspecified atom stereocenters. The Balaban J connectivity index is 0. The topological polar surface area (TPSA) is 44.3 Å². The molecule has 5 heteroatoms. The fraction of sp³-hybridized carbons (Fsp3) is 1.00. The Hall–Kier alpha value is 0.840. The van der Waals surface area contributed by atoms with Crippen molar-refractivity contribution in [3.05, 3.63) is 0 Å². The van der Waals surface area contributed by atoms with E-state index in [0.29, 0.717) is 13.1 Å². The summed E-state index contributed by atoms with van der Waals surface area (Å²) < 4.78 is 0. The van der Waals surface area contributed by atoms with Crippen molar-refractivity contribution in [3.8, 4) is 0 Å². The zero-order valence-electron chi connectivity index (χ0n) is 4.26. The molecule has 0 aliphatic carbocycles. The lowest BCUT2D eigenvalue weighted by molar-refractivity contribution is 0.207. The molecule has 0 aromatic carbocycles. The lowest BCUT2D eigenvalue weighted by atomic mass is 10.4. The number of nitrogens with one attached hydrogen (secondary N) is 2. The van der Waals surface area contributed by atoms with Gasteiger partial charge in [0.1, 0.15) is 0 Å². The van der Waals surface area contributed by atoms with Crippen molar-refractivity contribution in [1.29, 1.82) is 0 Å². The molecule has 3 nitrogen and oxygen atoms in total. The maximum atomic E-state index is 8.60. The normalized spacial score (nSPS) is 19.1. The van der Waals surface area contributed by atoms with E-state index in [1.807, 2.05) is 0 Å². The van der Waals surface area contributed by atoms with Gasteiger partial charge in [0.05, 0.1) is 6.10 Å². The van der Waals surface area contributed by atoms with Gasteiger partial charge in [-0.25, -0.2) is 0 Å². The minimum atomic E-state index is -0.176. The highest BCUT2D eigenvalue weighted by molar-refractivity contribution is 8.93. The van der Waals surface area contributed by atoms with Crippen molar-refractivity contribution in [3.63, 3.8) is 0 Å². The highest BCUT2D eigenvalue weighted by atomic mass is 79.9. The minimum absolute atomic E-state index is 0. The lowest BCUT2D eigenvalue weighted by Gasteiger charge is -1.88. The molecule has 0 spiro atoms. The Bertz CT molecular complexity index is 48.5. The van der Waals surface area contributed by atoms with Crippen LogP contribution in [0.3, 0.4) is 0 Å². The van der Waals surface area contributed by atoms with Gasteiger partial charge in [-0.2, -0.15) is 0 Å². The lowest BCUT2D eigenvalue weighted by Crippen LogP contribution is -2.21. The molecule has 0 saturated carbocycles. The fourth-order valence-corrected chi connectivity index (χ4v) is 0.452. The number of aliphatic hydroxyl groups is 1. The van der Waals surface area contributed by atoms with Crippen LogP contribution in [0.5, 0.6) is 0 Å². The van der Waals surface area contributed by atoms with Crippen LogP contribution in [0.4, 0.5) is 0 Å². The molecule has 0 aromatic heterocycles. The second-order valence-corrected chi connectivity index (χ2v) is 1.42. The molecular formula is C3H10Br2N2O. The minimum Gasteiger partial charge on any atom is -0.390 e. The first-order valence-corrected chi connectivity index (χ1v) is 2.03. The quantitative estimate of drug-likeness (QED) is 0.548. The summed E-state index contributed by atoms with van der Waals surface area (Å²) in [7, 11) is 0. The van der Waals surface area contributed by atoms with E-state index in [0.717, 1.165) is 0 Å². The van der Waals surface area contributed by atoms with Crippen LogP contribution in [-0.4, -0.2) is 24.3 Å². The highest BCUT2D eigenvalue weighted by Gasteiger charge is 2.07. The summed E-state index contributed by atoms with van der Waals surface area (Å²) in [5.74, 6) is 0. The Morgan fingerprint density at radius 1 is 1.12 bits per heavy atom. The maximum absolute atomic E-state index is 8.60. The van der Waals surface area contributed by atoms with Gasteiger partial charge < -0.3 is 5.11 Å². The molecule has 0 radical (unpaired) electrons. The summed E-state index contributed by atoms with van der Waals surface area (Å²) >= 11 is 0. The van der Waals surface area contributed by atoms with E-state index in [4.69, 9.17) is 5.11 Å². The number of hydrazine groups is 1. The van der Waals surface area contributed by atoms with Gasteiger partial charge in [0.15, 0.2) is 0 Å². The number of hydrogen-bond donors (Lipinski definition) is 3. The van der Waals surface area contributed by atoms with Gasteiger partial charge in [-0.05, 0) is 0 Å². The van der Waals surface area contributed by atoms with Crippen molar-refractivity contribution < 1.29 is 5.11 Å². The van der Waals surface area contributed by atoms with Crippen molar-refractivity contribution in [2.24, 2.45) is 0 Å².